The van der Waals surface area contributed by atoms with Crippen molar-refractivity contribution in [2.45, 2.75) is 44.4 Å². The molecular formula is C16H19FO. The summed E-state index contributed by atoms with van der Waals surface area (Å²) in [6, 6.07) is 5.20. The van der Waals surface area contributed by atoms with Crippen molar-refractivity contribution in [3.05, 3.63) is 35.1 Å². The SMILES string of the molecule is C[C@@]12CCC[C@H](C=O)[C@H]1CCc1cc(F)ccc12. The molecule has 96 valence electrons. The van der Waals surface area contributed by atoms with Crippen LogP contribution in [0.15, 0.2) is 18.2 Å². The largest absolute Gasteiger partial charge is 0.303 e. The van der Waals surface area contributed by atoms with Crippen LogP contribution >= 0.6 is 0 Å². The molecule has 0 unspecified atom stereocenters. The van der Waals surface area contributed by atoms with Gasteiger partial charge in [-0.2, -0.15) is 0 Å². The van der Waals surface area contributed by atoms with Crippen LogP contribution in [-0.2, 0) is 16.6 Å². The summed E-state index contributed by atoms with van der Waals surface area (Å²) >= 11 is 0. The zero-order valence-electron chi connectivity index (χ0n) is 10.8. The molecule has 0 bridgehead atoms. The van der Waals surface area contributed by atoms with Crippen LogP contribution in [0.5, 0.6) is 0 Å². The van der Waals surface area contributed by atoms with Crippen molar-refractivity contribution in [1.82, 2.24) is 0 Å². The van der Waals surface area contributed by atoms with Gasteiger partial charge in [-0.3, -0.25) is 0 Å². The zero-order chi connectivity index (χ0) is 12.8. The minimum absolute atomic E-state index is 0.0745. The number of halogens is 1. The Morgan fingerprint density at radius 2 is 2.22 bits per heavy atom. The molecule has 1 aromatic rings. The highest BCUT2D eigenvalue weighted by Gasteiger charge is 2.46. The molecule has 1 saturated carbocycles. The average molecular weight is 246 g/mol. The summed E-state index contributed by atoms with van der Waals surface area (Å²) < 4.78 is 13.3. The first kappa shape index (κ1) is 11.9. The first-order chi connectivity index (χ1) is 8.65. The number of aryl methyl sites for hydroxylation is 1. The predicted octanol–water partition coefficient (Wildman–Crippen LogP) is 3.64. The summed E-state index contributed by atoms with van der Waals surface area (Å²) in [5.74, 6) is 0.502. The van der Waals surface area contributed by atoms with Gasteiger partial charge in [-0.1, -0.05) is 19.4 Å². The molecule has 2 aliphatic carbocycles. The Hall–Kier alpha value is -1.18. The normalized spacial score (nSPS) is 34.6. The molecule has 0 aromatic heterocycles. The molecule has 0 aliphatic heterocycles. The van der Waals surface area contributed by atoms with Gasteiger partial charge in [-0.25, -0.2) is 4.39 Å². The third-order valence-electron chi connectivity index (χ3n) is 5.15. The fourth-order valence-corrected chi connectivity index (χ4v) is 4.23. The van der Waals surface area contributed by atoms with Gasteiger partial charge in [0.05, 0.1) is 0 Å². The predicted molar refractivity (Wildman–Crippen MR) is 69.0 cm³/mol. The van der Waals surface area contributed by atoms with Crippen molar-refractivity contribution in [2.24, 2.45) is 11.8 Å². The summed E-state index contributed by atoms with van der Waals surface area (Å²) in [6.07, 6.45) is 6.35. The Labute approximate surface area is 107 Å². The molecule has 2 heteroatoms. The molecule has 3 rings (SSSR count). The maximum absolute atomic E-state index is 13.3. The summed E-state index contributed by atoms with van der Waals surface area (Å²) in [4.78, 5) is 11.3. The third kappa shape index (κ3) is 1.62. The van der Waals surface area contributed by atoms with Gasteiger partial charge in [-0.05, 0) is 60.3 Å². The topological polar surface area (TPSA) is 17.1 Å². The lowest BCUT2D eigenvalue weighted by molar-refractivity contribution is -0.115. The standard InChI is InChI=1S/C16H19FO/c1-16-8-2-3-12(10-18)15(16)6-4-11-9-13(17)5-7-14(11)16/h5,7,9-10,12,15H,2-4,6,8H2,1H3/t12-,15-,16+/m1/s1. The number of carbonyl (C=O) groups is 1. The van der Waals surface area contributed by atoms with E-state index >= 15 is 0 Å². The van der Waals surface area contributed by atoms with Crippen LogP contribution in [0, 0.1) is 17.7 Å². The van der Waals surface area contributed by atoms with Gasteiger partial charge in [0.1, 0.15) is 12.1 Å². The second-order valence-electron chi connectivity index (χ2n) is 6.06. The molecular weight excluding hydrogens is 227 g/mol. The Morgan fingerprint density at radius 1 is 1.39 bits per heavy atom. The van der Waals surface area contributed by atoms with E-state index in [1.807, 2.05) is 6.07 Å². The molecule has 0 saturated heterocycles. The van der Waals surface area contributed by atoms with Crippen LogP contribution in [0.1, 0.15) is 43.7 Å². The van der Waals surface area contributed by atoms with Crippen LogP contribution in [-0.4, -0.2) is 6.29 Å². The smallest absolute Gasteiger partial charge is 0.123 e. The van der Waals surface area contributed by atoms with Crippen LogP contribution in [0.4, 0.5) is 4.39 Å². The van der Waals surface area contributed by atoms with Gasteiger partial charge in [0.2, 0.25) is 0 Å². The van der Waals surface area contributed by atoms with Crippen molar-refractivity contribution < 1.29 is 9.18 Å². The number of aldehydes is 1. The fraction of sp³-hybridized carbons (Fsp3) is 0.562. The monoisotopic (exact) mass is 246 g/mol. The van der Waals surface area contributed by atoms with E-state index in [9.17, 15) is 9.18 Å². The zero-order valence-corrected chi connectivity index (χ0v) is 10.8. The van der Waals surface area contributed by atoms with E-state index in [2.05, 4.69) is 6.92 Å². The van der Waals surface area contributed by atoms with Crippen LogP contribution in [0.3, 0.4) is 0 Å². The van der Waals surface area contributed by atoms with Crippen molar-refractivity contribution >= 4 is 6.29 Å². The van der Waals surface area contributed by atoms with Gasteiger partial charge < -0.3 is 4.79 Å². The molecule has 3 atom stereocenters. The summed E-state index contributed by atoms with van der Waals surface area (Å²) in [5, 5.41) is 0. The lowest BCUT2D eigenvalue weighted by atomic mass is 9.55. The Morgan fingerprint density at radius 3 is 3.00 bits per heavy atom. The highest BCUT2D eigenvalue weighted by Crippen LogP contribution is 2.51. The quantitative estimate of drug-likeness (QED) is 0.691. The molecule has 0 spiro atoms. The van der Waals surface area contributed by atoms with Gasteiger partial charge >= 0.3 is 0 Å². The molecule has 2 aliphatic rings. The van der Waals surface area contributed by atoms with E-state index in [0.717, 1.165) is 44.0 Å². The van der Waals surface area contributed by atoms with Crippen molar-refractivity contribution in [1.29, 1.82) is 0 Å². The molecule has 1 fully saturated rings. The van der Waals surface area contributed by atoms with Crippen molar-refractivity contribution in [2.75, 3.05) is 0 Å². The third-order valence-corrected chi connectivity index (χ3v) is 5.15. The molecule has 18 heavy (non-hydrogen) atoms. The highest BCUT2D eigenvalue weighted by molar-refractivity contribution is 5.56. The van der Waals surface area contributed by atoms with E-state index in [0.29, 0.717) is 5.92 Å². The van der Waals surface area contributed by atoms with Crippen molar-refractivity contribution in [3.8, 4) is 0 Å². The molecule has 1 aromatic carbocycles. The molecule has 0 N–H and O–H groups in total. The molecule has 0 heterocycles. The lowest BCUT2D eigenvalue weighted by Gasteiger charge is -2.49. The maximum atomic E-state index is 13.3. The van der Waals surface area contributed by atoms with Crippen LogP contribution in [0.2, 0.25) is 0 Å². The summed E-state index contributed by atoms with van der Waals surface area (Å²) in [5.41, 5.74) is 2.51. The highest BCUT2D eigenvalue weighted by atomic mass is 19.1. The van der Waals surface area contributed by atoms with Gasteiger partial charge in [-0.15, -0.1) is 0 Å². The molecule has 0 amide bonds. The number of benzene rings is 1. The molecule has 1 nitrogen and oxygen atoms in total. The van der Waals surface area contributed by atoms with Crippen LogP contribution in [0.25, 0.3) is 0 Å². The minimum atomic E-state index is -0.140. The number of rotatable bonds is 1. The van der Waals surface area contributed by atoms with E-state index in [1.165, 1.54) is 5.56 Å². The first-order valence-electron chi connectivity index (χ1n) is 6.89. The Kier molecular flexibility index (Phi) is 2.76. The van der Waals surface area contributed by atoms with E-state index in [4.69, 9.17) is 0 Å². The summed E-state index contributed by atoms with van der Waals surface area (Å²) in [6.45, 7) is 2.27. The molecule has 0 radical (unpaired) electrons. The minimum Gasteiger partial charge on any atom is -0.303 e. The summed E-state index contributed by atoms with van der Waals surface area (Å²) in [7, 11) is 0. The number of hydrogen-bond acceptors (Lipinski definition) is 1. The Balaban J connectivity index is 2.08. The van der Waals surface area contributed by atoms with E-state index in [1.54, 1.807) is 12.1 Å². The van der Waals surface area contributed by atoms with E-state index < -0.39 is 0 Å². The fourth-order valence-electron chi connectivity index (χ4n) is 4.23. The van der Waals surface area contributed by atoms with Gasteiger partial charge in [0.15, 0.2) is 0 Å². The second-order valence-corrected chi connectivity index (χ2v) is 6.06. The van der Waals surface area contributed by atoms with E-state index in [-0.39, 0.29) is 17.2 Å². The van der Waals surface area contributed by atoms with Crippen LogP contribution < -0.4 is 0 Å². The first-order valence-corrected chi connectivity index (χ1v) is 6.89. The average Bonchev–Trinajstić information content (AvgIpc) is 2.36. The number of fused-ring (bicyclic) bond motifs is 3. The lowest BCUT2D eigenvalue weighted by Crippen LogP contribution is -2.44. The number of carbonyl (C=O) groups excluding carboxylic acids is 1. The maximum Gasteiger partial charge on any atom is 0.123 e. The van der Waals surface area contributed by atoms with Crippen molar-refractivity contribution in [3.63, 3.8) is 0 Å². The second kappa shape index (κ2) is 4.18. The Bertz CT molecular complexity index is 482. The number of hydrogen-bond donors (Lipinski definition) is 0. The van der Waals surface area contributed by atoms with Gasteiger partial charge in [0.25, 0.3) is 0 Å². The van der Waals surface area contributed by atoms with Gasteiger partial charge in [0, 0.05) is 5.92 Å².